The minimum absolute atomic E-state index is 0.213. The molecule has 37 heavy (non-hydrogen) atoms. The highest BCUT2D eigenvalue weighted by atomic mass is 16.5. The summed E-state index contributed by atoms with van der Waals surface area (Å²) < 4.78 is 9.78. The van der Waals surface area contributed by atoms with E-state index in [0.717, 1.165) is 80.9 Å². The second-order valence-electron chi connectivity index (χ2n) is 10.4. The van der Waals surface area contributed by atoms with Crippen LogP contribution in [0.5, 0.6) is 0 Å². The van der Waals surface area contributed by atoms with E-state index in [4.69, 9.17) is 9.84 Å². The van der Waals surface area contributed by atoms with Crippen molar-refractivity contribution in [1.29, 1.82) is 0 Å². The monoisotopic (exact) mass is 500 g/mol. The lowest BCUT2D eigenvalue weighted by atomic mass is 9.92. The number of ether oxygens (including phenoxy) is 1. The van der Waals surface area contributed by atoms with Gasteiger partial charge in [-0.1, -0.05) is 19.6 Å². The van der Waals surface area contributed by atoms with E-state index in [1.54, 1.807) is 0 Å². The van der Waals surface area contributed by atoms with Crippen LogP contribution < -0.4 is 4.90 Å². The molecule has 1 amide bonds. The van der Waals surface area contributed by atoms with Crippen LogP contribution in [0, 0.1) is 0 Å². The summed E-state index contributed by atoms with van der Waals surface area (Å²) in [6.45, 7) is 9.94. The number of hydrogen-bond donors (Lipinski definition) is 0. The van der Waals surface area contributed by atoms with Crippen LogP contribution in [0.25, 0.3) is 17.2 Å². The van der Waals surface area contributed by atoms with Crippen LogP contribution in [-0.4, -0.2) is 56.7 Å². The Labute approximate surface area is 218 Å². The average Bonchev–Trinajstić information content (AvgIpc) is 3.55. The smallest absolute Gasteiger partial charge is 0.222 e. The Morgan fingerprint density at radius 3 is 2.78 bits per heavy atom. The molecular formula is C29H36N6O2. The summed E-state index contributed by atoms with van der Waals surface area (Å²) in [7, 11) is 1.95. The number of nitrogens with zero attached hydrogens (tertiary/aromatic N) is 6. The molecule has 0 unspecified atom stereocenters. The molecule has 194 valence electrons. The minimum atomic E-state index is 0.213. The highest BCUT2D eigenvalue weighted by Gasteiger charge is 2.34. The van der Waals surface area contributed by atoms with Crippen molar-refractivity contribution in [1.82, 2.24) is 24.5 Å². The Morgan fingerprint density at radius 1 is 1.22 bits per heavy atom. The zero-order valence-corrected chi connectivity index (χ0v) is 21.9. The molecule has 0 aliphatic carbocycles. The maximum Gasteiger partial charge on any atom is 0.222 e. The summed E-state index contributed by atoms with van der Waals surface area (Å²) in [6, 6.07) is 4.93. The van der Waals surface area contributed by atoms with Gasteiger partial charge in [0, 0.05) is 74.9 Å². The van der Waals surface area contributed by atoms with Gasteiger partial charge in [-0.2, -0.15) is 10.2 Å². The molecule has 1 saturated heterocycles. The van der Waals surface area contributed by atoms with Gasteiger partial charge in [0.2, 0.25) is 5.91 Å². The van der Waals surface area contributed by atoms with E-state index < -0.39 is 0 Å². The maximum atomic E-state index is 12.7. The fourth-order valence-corrected chi connectivity index (χ4v) is 6.16. The number of fused-ring (bicyclic) bond motifs is 2. The number of benzene rings is 1. The van der Waals surface area contributed by atoms with E-state index in [1.165, 1.54) is 22.5 Å². The summed E-state index contributed by atoms with van der Waals surface area (Å²) in [4.78, 5) is 17.1. The Balaban J connectivity index is 1.45. The lowest BCUT2D eigenvalue weighted by Crippen LogP contribution is -2.37. The average molecular weight is 501 g/mol. The molecule has 3 aliphatic heterocycles. The zero-order valence-electron chi connectivity index (χ0n) is 21.9. The number of anilines is 2. The van der Waals surface area contributed by atoms with Gasteiger partial charge in [0.25, 0.3) is 0 Å². The standard InChI is InChI=1S/C29H36N6O2/c1-4-20-16-27-21(15-24(20)22-17-30-32(3)18-22)7-6-11-34(27)29-25-19-33(28(36)5-2)12-8-26(25)35(31-29)23-9-13-37-14-10-23/h4,15-18,23H,1,5-14,19H2,2-3H3. The number of hydrogen-bond acceptors (Lipinski definition) is 5. The minimum Gasteiger partial charge on any atom is -0.381 e. The predicted molar refractivity (Wildman–Crippen MR) is 145 cm³/mol. The molecule has 0 radical (unpaired) electrons. The van der Waals surface area contributed by atoms with Gasteiger partial charge in [0.15, 0.2) is 5.82 Å². The van der Waals surface area contributed by atoms with Crippen LogP contribution in [0.3, 0.4) is 0 Å². The highest BCUT2D eigenvalue weighted by molar-refractivity contribution is 5.82. The maximum absolute atomic E-state index is 12.7. The van der Waals surface area contributed by atoms with Crippen molar-refractivity contribution in [3.05, 3.63) is 53.5 Å². The Bertz CT molecular complexity index is 1330. The number of rotatable bonds is 5. The highest BCUT2D eigenvalue weighted by Crippen LogP contribution is 2.42. The molecule has 1 aromatic carbocycles. The molecule has 0 spiro atoms. The van der Waals surface area contributed by atoms with Gasteiger partial charge >= 0.3 is 0 Å². The van der Waals surface area contributed by atoms with Gasteiger partial charge in [-0.05, 0) is 54.5 Å². The summed E-state index contributed by atoms with van der Waals surface area (Å²) in [6.07, 6.45) is 11.3. The van der Waals surface area contributed by atoms with Crippen LogP contribution in [0.2, 0.25) is 0 Å². The number of carbonyl (C=O) groups is 1. The van der Waals surface area contributed by atoms with Crippen LogP contribution >= 0.6 is 0 Å². The van der Waals surface area contributed by atoms with Gasteiger partial charge in [-0.15, -0.1) is 0 Å². The second-order valence-corrected chi connectivity index (χ2v) is 10.4. The number of aromatic nitrogens is 4. The molecule has 1 fully saturated rings. The number of amides is 1. The Kier molecular flexibility index (Phi) is 6.36. The van der Waals surface area contributed by atoms with Crippen molar-refractivity contribution in [2.75, 3.05) is 31.2 Å². The van der Waals surface area contributed by atoms with E-state index in [0.29, 0.717) is 19.0 Å². The quantitative estimate of drug-likeness (QED) is 0.510. The molecule has 0 saturated carbocycles. The summed E-state index contributed by atoms with van der Waals surface area (Å²) in [5.41, 5.74) is 8.40. The first-order valence-corrected chi connectivity index (χ1v) is 13.6. The molecule has 5 heterocycles. The first-order chi connectivity index (χ1) is 18.1. The van der Waals surface area contributed by atoms with Gasteiger partial charge in [0.1, 0.15) is 0 Å². The molecule has 0 bridgehead atoms. The molecular weight excluding hydrogens is 464 g/mol. The molecule has 3 aliphatic rings. The van der Waals surface area contributed by atoms with Crippen LogP contribution in [-0.2, 0) is 36.0 Å². The third-order valence-electron chi connectivity index (χ3n) is 8.12. The topological polar surface area (TPSA) is 68.4 Å². The molecule has 3 aromatic rings. The fourth-order valence-electron chi connectivity index (χ4n) is 6.16. The third-order valence-corrected chi connectivity index (χ3v) is 8.12. The van der Waals surface area contributed by atoms with Crippen molar-refractivity contribution in [3.63, 3.8) is 0 Å². The summed E-state index contributed by atoms with van der Waals surface area (Å²) >= 11 is 0. The lowest BCUT2D eigenvalue weighted by molar-refractivity contribution is -0.131. The number of carbonyl (C=O) groups excluding carboxylic acids is 1. The molecule has 8 heteroatoms. The van der Waals surface area contributed by atoms with Crippen LogP contribution in [0.15, 0.2) is 31.1 Å². The fraction of sp³-hybridized carbons (Fsp3) is 0.483. The Morgan fingerprint density at radius 2 is 2.05 bits per heavy atom. The molecule has 2 aromatic heterocycles. The summed E-state index contributed by atoms with van der Waals surface area (Å²) in [5.74, 6) is 1.23. The third kappa shape index (κ3) is 4.27. The molecule has 8 nitrogen and oxygen atoms in total. The molecule has 0 atom stereocenters. The second kappa shape index (κ2) is 9.82. The van der Waals surface area contributed by atoms with Crippen LogP contribution in [0.1, 0.15) is 61.0 Å². The van der Waals surface area contributed by atoms with Crippen molar-refractivity contribution < 1.29 is 9.53 Å². The van der Waals surface area contributed by atoms with Gasteiger partial charge in [-0.3, -0.25) is 14.2 Å². The predicted octanol–water partition coefficient (Wildman–Crippen LogP) is 4.66. The van der Waals surface area contributed by atoms with Crippen molar-refractivity contribution >= 4 is 23.5 Å². The van der Waals surface area contributed by atoms with Crippen LogP contribution in [0.4, 0.5) is 11.5 Å². The first kappa shape index (κ1) is 24.0. The molecule has 6 rings (SSSR count). The first-order valence-electron chi connectivity index (χ1n) is 13.6. The SMILES string of the molecule is C=Cc1cc2c(cc1-c1cnn(C)c1)CCCN2c1nn(C2CCOCC2)c2c1CN(C(=O)CC)CC2. The largest absolute Gasteiger partial charge is 0.381 e. The van der Waals surface area contributed by atoms with Crippen molar-refractivity contribution in [2.24, 2.45) is 7.05 Å². The van der Waals surface area contributed by atoms with Gasteiger partial charge < -0.3 is 14.5 Å². The zero-order chi connectivity index (χ0) is 25.5. The number of aryl methyl sites for hydroxylation is 2. The Hall–Kier alpha value is -3.39. The van der Waals surface area contributed by atoms with Gasteiger partial charge in [0.05, 0.1) is 18.8 Å². The van der Waals surface area contributed by atoms with Crippen molar-refractivity contribution in [2.45, 2.75) is 58.0 Å². The molecule has 0 N–H and O–H groups in total. The van der Waals surface area contributed by atoms with Gasteiger partial charge in [-0.25, -0.2) is 0 Å². The van der Waals surface area contributed by atoms with E-state index in [-0.39, 0.29) is 5.91 Å². The van der Waals surface area contributed by atoms with E-state index in [1.807, 2.05) is 35.8 Å². The normalized spacial score (nSPS) is 18.0. The lowest BCUT2D eigenvalue weighted by Gasteiger charge is -2.33. The van der Waals surface area contributed by atoms with E-state index >= 15 is 0 Å². The van der Waals surface area contributed by atoms with E-state index in [9.17, 15) is 4.79 Å². The summed E-state index contributed by atoms with van der Waals surface area (Å²) in [5, 5.41) is 9.69. The van der Waals surface area contributed by atoms with Crippen molar-refractivity contribution in [3.8, 4) is 11.1 Å². The van der Waals surface area contributed by atoms with E-state index in [2.05, 4.69) is 39.6 Å².